The topological polar surface area (TPSA) is 288 Å². The van der Waals surface area contributed by atoms with Crippen LogP contribution in [-0.4, -0.2) is 159 Å². The molecule has 398 valence electrons. The monoisotopic (exact) mass is 994 g/mol. The zero-order chi connectivity index (χ0) is 52.8. The van der Waals surface area contributed by atoms with Crippen LogP contribution in [0.15, 0.2) is 0 Å². The molecule has 0 bridgehead atoms. The standard InChI is InChI=1S/C49H83N7O14/c1-14-28(7)23-30-18-21-49(66,70-48(30,13)15-2)45(9,10)44(63)52-35-38(27(5)6)69-43(62)36(26(3)4)56(68)41(60)34-31(19-20-47(34,12)65)37(57)33-24-46(11,64)25-51-54(33)39(58)29(8)55(67)40(59)32-17-16-22-50-53(32)42(35)61/h26-36,38,50-51,64-68H,14-25H2,1-13H3,(H,52,63)/t28-,29+,30+,31?,32-,33+,34-,35?,36-,38+,46+,47+,48+,49+/m0/s1. The maximum Gasteiger partial charge on any atom is 0.332 e. The third kappa shape index (κ3) is 11.1. The summed E-state index contributed by atoms with van der Waals surface area (Å²) in [6.45, 7) is 21.2. The van der Waals surface area contributed by atoms with Crippen LogP contribution >= 0.6 is 0 Å². The molecule has 0 radical (unpaired) electrons. The van der Waals surface area contributed by atoms with E-state index in [2.05, 4.69) is 30.0 Å². The van der Waals surface area contributed by atoms with Gasteiger partial charge in [-0.3, -0.25) is 49.2 Å². The number of hydroxylamine groups is 4. The number of fused-ring (bicyclic) bond motifs is 3. The van der Waals surface area contributed by atoms with E-state index in [9.17, 15) is 54.5 Å². The average Bonchev–Trinajstić information content (AvgIpc) is 3.62. The molecule has 0 spiro atoms. The molecule has 5 amide bonds. The first kappa shape index (κ1) is 57.1. The van der Waals surface area contributed by atoms with Gasteiger partial charge in [0.2, 0.25) is 5.91 Å². The minimum absolute atomic E-state index is 0.0409. The quantitative estimate of drug-likeness (QED) is 0.122. The van der Waals surface area contributed by atoms with Crippen LogP contribution in [0.4, 0.5) is 0 Å². The van der Waals surface area contributed by atoms with Gasteiger partial charge in [-0.05, 0) is 110 Å². The second kappa shape index (κ2) is 21.3. The highest BCUT2D eigenvalue weighted by Crippen LogP contribution is 2.50. The lowest BCUT2D eigenvalue weighted by Crippen LogP contribution is -2.69. The molecule has 5 rings (SSSR count). The molecule has 0 aromatic carbocycles. The number of rotatable bonds is 9. The van der Waals surface area contributed by atoms with E-state index >= 15 is 4.79 Å². The molecule has 1 aliphatic carbocycles. The van der Waals surface area contributed by atoms with E-state index in [0.717, 1.165) is 22.9 Å². The van der Waals surface area contributed by atoms with Gasteiger partial charge in [0.1, 0.15) is 30.3 Å². The number of ether oxygens (including phenoxy) is 2. The maximum atomic E-state index is 15.3. The van der Waals surface area contributed by atoms with Gasteiger partial charge in [0, 0.05) is 31.8 Å². The van der Waals surface area contributed by atoms with Crippen molar-refractivity contribution in [2.45, 2.75) is 213 Å². The molecule has 2 unspecified atom stereocenters. The summed E-state index contributed by atoms with van der Waals surface area (Å²) in [4.78, 5) is 103. The fourth-order valence-electron chi connectivity index (χ4n) is 11.1. The molecule has 21 nitrogen and oxygen atoms in total. The Bertz CT molecular complexity index is 1980. The van der Waals surface area contributed by atoms with Crippen molar-refractivity contribution >= 4 is 41.3 Å². The smallest absolute Gasteiger partial charge is 0.332 e. The van der Waals surface area contributed by atoms with E-state index in [0.29, 0.717) is 25.2 Å². The average molecular weight is 994 g/mol. The number of carbonyl (C=O) groups excluding carboxylic acids is 7. The zero-order valence-electron chi connectivity index (χ0n) is 43.6. The van der Waals surface area contributed by atoms with E-state index in [4.69, 9.17) is 9.47 Å². The summed E-state index contributed by atoms with van der Waals surface area (Å²) in [5, 5.41) is 63.6. The van der Waals surface area contributed by atoms with E-state index in [1.807, 2.05) is 13.8 Å². The van der Waals surface area contributed by atoms with Crippen LogP contribution in [0, 0.1) is 40.9 Å². The number of Topliss-reactive ketones (excluding diaryl/α,β-unsaturated/α-hetero) is 1. The Hall–Kier alpha value is -3.83. The minimum atomic E-state index is -2.06. The SMILES string of the molecule is CC[C@H](C)C[C@H]1CC[C@](O)(C(C)(C)C(=O)NC2C(=O)N3NCCC[C@H]3C(=O)N(O)[C@H](C)C(=O)N3NC[C@](C)(O)C[C@@H]3C(=O)C3CC[C@@](C)(O)[C@@H]3C(=O)N(O)[C@@H](C(C)C)C(=O)O[C@@H]2C(C)C)O[C@]1(C)CC. The Morgan fingerprint density at radius 1 is 0.829 bits per heavy atom. The Balaban J connectivity index is 1.64. The van der Waals surface area contributed by atoms with Crippen molar-refractivity contribution in [2.24, 2.45) is 40.9 Å². The first-order chi connectivity index (χ1) is 32.3. The molecule has 0 aromatic heterocycles. The van der Waals surface area contributed by atoms with Crippen LogP contribution < -0.4 is 16.2 Å². The predicted octanol–water partition coefficient (Wildman–Crippen LogP) is 2.35. The van der Waals surface area contributed by atoms with Crippen molar-refractivity contribution in [3.8, 4) is 0 Å². The van der Waals surface area contributed by atoms with Crippen molar-refractivity contribution in [3.05, 3.63) is 0 Å². The Labute approximate surface area is 412 Å². The largest absolute Gasteiger partial charge is 0.458 e. The number of ketones is 1. The molecule has 8 N–H and O–H groups in total. The summed E-state index contributed by atoms with van der Waals surface area (Å²) in [6.07, 6.45) is 1.04. The summed E-state index contributed by atoms with van der Waals surface area (Å²) < 4.78 is 12.8. The van der Waals surface area contributed by atoms with Crippen molar-refractivity contribution in [3.63, 3.8) is 0 Å². The Morgan fingerprint density at radius 2 is 1.46 bits per heavy atom. The lowest BCUT2D eigenvalue weighted by molar-refractivity contribution is -0.340. The second-order valence-corrected chi connectivity index (χ2v) is 22.9. The van der Waals surface area contributed by atoms with Crippen LogP contribution in [0.25, 0.3) is 0 Å². The fraction of sp³-hybridized carbons (Fsp3) is 0.857. The van der Waals surface area contributed by atoms with Gasteiger partial charge in [-0.1, -0.05) is 54.9 Å². The van der Waals surface area contributed by atoms with Gasteiger partial charge >= 0.3 is 5.97 Å². The fourth-order valence-corrected chi connectivity index (χ4v) is 11.1. The van der Waals surface area contributed by atoms with E-state index < -0.39 is 129 Å². The normalized spacial score (nSPS) is 38.4. The number of nitrogens with one attached hydrogen (secondary N) is 3. The van der Waals surface area contributed by atoms with Crippen molar-refractivity contribution < 1.29 is 68.8 Å². The van der Waals surface area contributed by atoms with Crippen molar-refractivity contribution in [1.82, 2.24) is 36.3 Å². The zero-order valence-corrected chi connectivity index (χ0v) is 43.6. The molecule has 70 heavy (non-hydrogen) atoms. The van der Waals surface area contributed by atoms with Gasteiger partial charge in [-0.25, -0.2) is 25.8 Å². The Morgan fingerprint density at radius 3 is 2.04 bits per heavy atom. The van der Waals surface area contributed by atoms with Crippen LogP contribution in [0.3, 0.4) is 0 Å². The molecule has 1 saturated carbocycles. The molecule has 5 aliphatic rings. The maximum absolute atomic E-state index is 15.3. The van der Waals surface area contributed by atoms with Crippen molar-refractivity contribution in [1.29, 1.82) is 0 Å². The molecule has 14 atom stereocenters. The highest BCUT2D eigenvalue weighted by Gasteiger charge is 2.60. The second-order valence-electron chi connectivity index (χ2n) is 22.9. The number of hydrogen-bond donors (Lipinski definition) is 8. The Kier molecular flexibility index (Phi) is 17.4. The number of amides is 5. The van der Waals surface area contributed by atoms with Gasteiger partial charge in [0.15, 0.2) is 17.6 Å². The molecule has 0 aromatic rings. The molecule has 4 saturated heterocycles. The first-order valence-corrected chi connectivity index (χ1v) is 25.4. The molecular weight excluding hydrogens is 911 g/mol. The summed E-state index contributed by atoms with van der Waals surface area (Å²) >= 11 is 0. The van der Waals surface area contributed by atoms with Crippen LogP contribution in [-0.2, 0) is 43.0 Å². The van der Waals surface area contributed by atoms with E-state index in [1.54, 1.807) is 13.8 Å². The number of hydrazine groups is 2. The highest BCUT2D eigenvalue weighted by atomic mass is 16.6. The van der Waals surface area contributed by atoms with Gasteiger partial charge in [-0.15, -0.1) is 0 Å². The van der Waals surface area contributed by atoms with Gasteiger partial charge in [0.25, 0.3) is 23.6 Å². The van der Waals surface area contributed by atoms with Gasteiger partial charge in [0.05, 0.1) is 28.1 Å². The predicted molar refractivity (Wildman–Crippen MR) is 251 cm³/mol. The lowest BCUT2D eigenvalue weighted by atomic mass is 9.69. The number of cyclic esters (lactones) is 1. The molecular formula is C49H83N7O14. The van der Waals surface area contributed by atoms with Crippen LogP contribution in [0.1, 0.15) is 154 Å². The molecule has 4 heterocycles. The molecule has 5 fully saturated rings. The van der Waals surface area contributed by atoms with Gasteiger partial charge < -0.3 is 30.1 Å². The van der Waals surface area contributed by atoms with E-state index in [-0.39, 0.29) is 61.2 Å². The number of β-amino-alcohol motifs (C(OH)–C–C–N with tert-alkyl or cyclic N) is 1. The van der Waals surface area contributed by atoms with E-state index in [1.165, 1.54) is 48.5 Å². The minimum Gasteiger partial charge on any atom is -0.458 e. The number of nitrogens with zero attached hydrogens (tertiary/aromatic N) is 4. The molecule has 4 aliphatic heterocycles. The highest BCUT2D eigenvalue weighted by molar-refractivity contribution is 5.98. The summed E-state index contributed by atoms with van der Waals surface area (Å²) in [5.41, 5.74) is -0.465. The number of aliphatic hydroxyl groups is 3. The number of carbonyl (C=O) groups is 7. The molecule has 21 heteroatoms. The van der Waals surface area contributed by atoms with Crippen LogP contribution in [0.2, 0.25) is 0 Å². The summed E-state index contributed by atoms with van der Waals surface area (Å²) in [7, 11) is 0. The third-order valence-corrected chi connectivity index (χ3v) is 16.4. The number of esters is 1. The van der Waals surface area contributed by atoms with Crippen LogP contribution in [0.5, 0.6) is 0 Å². The first-order valence-electron chi connectivity index (χ1n) is 25.4. The summed E-state index contributed by atoms with van der Waals surface area (Å²) in [6, 6.07) is -8.38. The summed E-state index contributed by atoms with van der Waals surface area (Å²) in [5.74, 6) is -13.5. The lowest BCUT2D eigenvalue weighted by Gasteiger charge is -2.54. The van der Waals surface area contributed by atoms with Gasteiger partial charge in [-0.2, -0.15) is 0 Å². The third-order valence-electron chi connectivity index (χ3n) is 16.4. The number of hydrogen-bond acceptors (Lipinski definition) is 16. The van der Waals surface area contributed by atoms with Crippen molar-refractivity contribution in [2.75, 3.05) is 13.1 Å².